The zero-order chi connectivity index (χ0) is 16.8. The molecule has 0 saturated heterocycles. The Balaban J connectivity index is 1.61. The van der Waals surface area contributed by atoms with Crippen molar-refractivity contribution in [2.24, 2.45) is 22.7 Å². The summed E-state index contributed by atoms with van der Waals surface area (Å²) in [7, 11) is 0. The van der Waals surface area contributed by atoms with Crippen LogP contribution in [-0.2, 0) is 4.74 Å². The fraction of sp³-hybridized carbons (Fsp3) is 0.611. The van der Waals surface area contributed by atoms with Gasteiger partial charge in [-0.1, -0.05) is 20.8 Å². The molecule has 0 heterocycles. The van der Waals surface area contributed by atoms with Gasteiger partial charge in [0, 0.05) is 12.1 Å². The van der Waals surface area contributed by atoms with Gasteiger partial charge in [0.25, 0.3) is 5.69 Å². The molecular formula is C18H23NO4. The normalized spacial score (nSPS) is 31.1. The first kappa shape index (κ1) is 16.0. The van der Waals surface area contributed by atoms with Gasteiger partial charge < -0.3 is 4.74 Å². The molecule has 23 heavy (non-hydrogen) atoms. The maximum atomic E-state index is 12.1. The van der Waals surface area contributed by atoms with E-state index in [4.69, 9.17) is 4.74 Å². The van der Waals surface area contributed by atoms with Crippen molar-refractivity contribution < 1.29 is 14.5 Å². The number of hydrogen-bond acceptors (Lipinski definition) is 4. The highest BCUT2D eigenvalue weighted by Gasteiger charge is 2.60. The number of benzene rings is 1. The van der Waals surface area contributed by atoms with E-state index >= 15 is 0 Å². The molecule has 2 saturated carbocycles. The summed E-state index contributed by atoms with van der Waals surface area (Å²) in [6.45, 7) is 7.47. The third kappa shape index (κ3) is 2.52. The van der Waals surface area contributed by atoms with Crippen LogP contribution in [-0.4, -0.2) is 17.5 Å². The predicted octanol–water partition coefficient (Wildman–Crippen LogP) is 4.21. The Bertz CT molecular complexity index is 634. The zero-order valence-corrected chi connectivity index (χ0v) is 13.9. The van der Waals surface area contributed by atoms with Crippen molar-refractivity contribution in [2.75, 3.05) is 6.61 Å². The molecule has 3 atom stereocenters. The SMILES string of the molecule is CC1(C)[C@H]2CC[C@]1(C)C[C@H]2COC(=O)c1ccc([N+](=O)[O-])cc1. The molecule has 3 rings (SSSR count). The molecule has 124 valence electrons. The van der Waals surface area contributed by atoms with Crippen LogP contribution >= 0.6 is 0 Å². The molecule has 2 fully saturated rings. The molecule has 0 aromatic heterocycles. The summed E-state index contributed by atoms with van der Waals surface area (Å²) in [4.78, 5) is 22.3. The summed E-state index contributed by atoms with van der Waals surface area (Å²) in [6.07, 6.45) is 3.58. The van der Waals surface area contributed by atoms with Gasteiger partial charge in [0.05, 0.1) is 17.1 Å². The lowest BCUT2D eigenvalue weighted by Gasteiger charge is -2.34. The van der Waals surface area contributed by atoms with Gasteiger partial charge in [0.15, 0.2) is 0 Å². The van der Waals surface area contributed by atoms with E-state index in [0.29, 0.717) is 34.8 Å². The average Bonchev–Trinajstić information content (AvgIpc) is 2.85. The predicted molar refractivity (Wildman–Crippen MR) is 86.1 cm³/mol. The van der Waals surface area contributed by atoms with Crippen LogP contribution in [0, 0.1) is 32.8 Å². The van der Waals surface area contributed by atoms with Crippen molar-refractivity contribution in [2.45, 2.75) is 40.0 Å². The van der Waals surface area contributed by atoms with Crippen LogP contribution in [0.2, 0.25) is 0 Å². The first-order chi connectivity index (χ1) is 10.7. The summed E-state index contributed by atoms with van der Waals surface area (Å²) >= 11 is 0. The van der Waals surface area contributed by atoms with Crippen LogP contribution in [0.25, 0.3) is 0 Å². The van der Waals surface area contributed by atoms with Gasteiger partial charge in [0.2, 0.25) is 0 Å². The highest BCUT2D eigenvalue weighted by molar-refractivity contribution is 5.89. The van der Waals surface area contributed by atoms with Gasteiger partial charge in [-0.25, -0.2) is 4.79 Å². The Kier molecular flexibility index (Phi) is 3.69. The summed E-state index contributed by atoms with van der Waals surface area (Å²) < 4.78 is 5.49. The Labute approximate surface area is 136 Å². The van der Waals surface area contributed by atoms with E-state index in [0.717, 1.165) is 6.42 Å². The lowest BCUT2D eigenvalue weighted by atomic mass is 9.71. The second-order valence-electron chi connectivity index (χ2n) is 7.79. The molecule has 1 aromatic carbocycles. The standard InChI is InChI=1S/C18H23NO4/c1-17(2)15-8-9-18(17,3)10-13(15)11-23-16(20)12-4-6-14(7-5-12)19(21)22/h4-7,13,15H,8-11H2,1-3H3/t13-,15-,18+/m0/s1. The van der Waals surface area contributed by atoms with E-state index in [1.54, 1.807) is 0 Å². The Morgan fingerprint density at radius 2 is 1.96 bits per heavy atom. The maximum absolute atomic E-state index is 12.1. The minimum atomic E-state index is -0.479. The number of nitro groups is 1. The van der Waals surface area contributed by atoms with Gasteiger partial charge in [-0.2, -0.15) is 0 Å². The number of esters is 1. The van der Waals surface area contributed by atoms with Crippen LogP contribution in [0.4, 0.5) is 5.69 Å². The summed E-state index contributed by atoms with van der Waals surface area (Å²) in [5.74, 6) is 0.633. The monoisotopic (exact) mass is 317 g/mol. The number of non-ortho nitro benzene ring substituents is 1. The second-order valence-corrected chi connectivity index (χ2v) is 7.79. The minimum Gasteiger partial charge on any atom is -0.462 e. The van der Waals surface area contributed by atoms with Crippen LogP contribution in [0.15, 0.2) is 24.3 Å². The Hall–Kier alpha value is -1.91. The lowest BCUT2D eigenvalue weighted by Crippen LogP contribution is -2.26. The number of rotatable bonds is 4. The molecule has 0 N–H and O–H groups in total. The number of fused-ring (bicyclic) bond motifs is 2. The molecule has 0 amide bonds. The van der Waals surface area contributed by atoms with E-state index in [2.05, 4.69) is 20.8 Å². The van der Waals surface area contributed by atoms with E-state index in [1.807, 2.05) is 0 Å². The first-order valence-electron chi connectivity index (χ1n) is 8.16. The fourth-order valence-corrected chi connectivity index (χ4v) is 4.68. The largest absolute Gasteiger partial charge is 0.462 e. The van der Waals surface area contributed by atoms with E-state index in [-0.39, 0.29) is 5.69 Å². The molecule has 2 aliphatic carbocycles. The number of ether oxygens (including phenoxy) is 1. The number of carbonyl (C=O) groups is 1. The van der Waals surface area contributed by atoms with Gasteiger partial charge >= 0.3 is 5.97 Å². The summed E-state index contributed by atoms with van der Waals surface area (Å²) in [5.41, 5.74) is 0.994. The fourth-order valence-electron chi connectivity index (χ4n) is 4.68. The number of nitrogens with zero attached hydrogens (tertiary/aromatic N) is 1. The molecule has 5 heteroatoms. The molecule has 0 radical (unpaired) electrons. The van der Waals surface area contributed by atoms with Crippen molar-refractivity contribution in [3.63, 3.8) is 0 Å². The van der Waals surface area contributed by atoms with Gasteiger partial charge in [-0.15, -0.1) is 0 Å². The summed E-state index contributed by atoms with van der Waals surface area (Å²) in [6, 6.07) is 5.57. The molecule has 5 nitrogen and oxygen atoms in total. The first-order valence-corrected chi connectivity index (χ1v) is 8.16. The molecular weight excluding hydrogens is 294 g/mol. The second kappa shape index (κ2) is 5.32. The number of carbonyl (C=O) groups excluding carboxylic acids is 1. The Morgan fingerprint density at radius 1 is 1.30 bits per heavy atom. The van der Waals surface area contributed by atoms with Crippen molar-refractivity contribution in [1.29, 1.82) is 0 Å². The van der Waals surface area contributed by atoms with E-state index < -0.39 is 10.9 Å². The van der Waals surface area contributed by atoms with Crippen molar-refractivity contribution in [3.05, 3.63) is 39.9 Å². The Morgan fingerprint density at radius 3 is 2.43 bits per heavy atom. The van der Waals surface area contributed by atoms with Crippen LogP contribution < -0.4 is 0 Å². The number of hydrogen-bond donors (Lipinski definition) is 0. The van der Waals surface area contributed by atoms with E-state index in [9.17, 15) is 14.9 Å². The maximum Gasteiger partial charge on any atom is 0.338 e. The lowest BCUT2D eigenvalue weighted by molar-refractivity contribution is -0.384. The van der Waals surface area contributed by atoms with Crippen molar-refractivity contribution >= 4 is 11.7 Å². The zero-order valence-electron chi connectivity index (χ0n) is 13.9. The van der Waals surface area contributed by atoms with Gasteiger partial charge in [0.1, 0.15) is 0 Å². The smallest absolute Gasteiger partial charge is 0.338 e. The molecule has 1 aromatic rings. The highest BCUT2D eigenvalue weighted by atomic mass is 16.6. The molecule has 0 aliphatic heterocycles. The quantitative estimate of drug-likeness (QED) is 0.474. The third-order valence-corrected chi connectivity index (χ3v) is 6.51. The summed E-state index contributed by atoms with van der Waals surface area (Å²) in [5, 5.41) is 10.6. The van der Waals surface area contributed by atoms with Crippen LogP contribution in [0.1, 0.15) is 50.4 Å². The van der Waals surface area contributed by atoms with Crippen LogP contribution in [0.5, 0.6) is 0 Å². The molecule has 0 spiro atoms. The third-order valence-electron chi connectivity index (χ3n) is 6.51. The molecule has 2 bridgehead atoms. The van der Waals surface area contributed by atoms with Gasteiger partial charge in [-0.05, 0) is 54.1 Å². The highest BCUT2D eigenvalue weighted by Crippen LogP contribution is 2.67. The van der Waals surface area contributed by atoms with Gasteiger partial charge in [-0.3, -0.25) is 10.1 Å². The van der Waals surface area contributed by atoms with E-state index in [1.165, 1.54) is 37.1 Å². The van der Waals surface area contributed by atoms with Crippen molar-refractivity contribution in [1.82, 2.24) is 0 Å². The van der Waals surface area contributed by atoms with Crippen molar-refractivity contribution in [3.8, 4) is 0 Å². The minimum absolute atomic E-state index is 0.0238. The topological polar surface area (TPSA) is 69.4 Å². The number of nitro benzene ring substituents is 1. The molecule has 0 unspecified atom stereocenters. The van der Waals surface area contributed by atoms with Crippen LogP contribution in [0.3, 0.4) is 0 Å². The average molecular weight is 317 g/mol. The molecule has 2 aliphatic rings.